The number of likely N-dealkylation sites (N-methyl/N-ethyl adjacent to an activating group) is 1. The Hall–Kier alpha value is -3.28. The zero-order valence-electron chi connectivity index (χ0n) is 22.6. The quantitative estimate of drug-likeness (QED) is 0.463. The zero-order chi connectivity index (χ0) is 28.3. The van der Waals surface area contributed by atoms with E-state index in [0.29, 0.717) is 25.3 Å². The topological polar surface area (TPSA) is 105 Å². The Morgan fingerprint density at radius 2 is 1.97 bits per heavy atom. The summed E-state index contributed by atoms with van der Waals surface area (Å²) in [4.78, 5) is 29.1. The summed E-state index contributed by atoms with van der Waals surface area (Å²) in [6.45, 7) is 8.39. The van der Waals surface area contributed by atoms with Gasteiger partial charge in [-0.25, -0.2) is 17.6 Å². The van der Waals surface area contributed by atoms with E-state index < -0.39 is 21.8 Å². The van der Waals surface area contributed by atoms with Gasteiger partial charge in [-0.1, -0.05) is 32.1 Å². The summed E-state index contributed by atoms with van der Waals surface area (Å²) >= 11 is 0. The Labute approximate surface area is 228 Å². The minimum absolute atomic E-state index is 0.0355. The fourth-order valence-corrected chi connectivity index (χ4v) is 6.49. The maximum atomic E-state index is 14.1. The molecule has 1 saturated heterocycles. The van der Waals surface area contributed by atoms with E-state index in [-0.39, 0.29) is 46.2 Å². The highest BCUT2D eigenvalue weighted by Gasteiger charge is 2.42. The first-order valence-electron chi connectivity index (χ1n) is 13.0. The summed E-state index contributed by atoms with van der Waals surface area (Å²) in [6.07, 6.45) is 3.86. The van der Waals surface area contributed by atoms with Gasteiger partial charge in [0, 0.05) is 26.0 Å². The highest BCUT2D eigenvalue weighted by Crippen LogP contribution is 2.46. The van der Waals surface area contributed by atoms with Gasteiger partial charge in [-0.15, -0.1) is 0 Å². The average Bonchev–Trinajstić information content (AvgIpc) is 3.38. The molecular weight excluding hydrogens is 525 g/mol. The van der Waals surface area contributed by atoms with Gasteiger partial charge >= 0.3 is 5.97 Å². The number of benzene rings is 2. The molecule has 39 heavy (non-hydrogen) atoms. The van der Waals surface area contributed by atoms with Crippen LogP contribution in [-0.2, 0) is 24.3 Å². The number of sulfonamides is 1. The van der Waals surface area contributed by atoms with Gasteiger partial charge in [0.2, 0.25) is 5.91 Å². The molecule has 0 aliphatic carbocycles. The number of ether oxygens (including phenoxy) is 2. The first-order chi connectivity index (χ1) is 18.6. The molecule has 0 bridgehead atoms. The lowest BCUT2D eigenvalue weighted by Crippen LogP contribution is -2.43. The second-order valence-corrected chi connectivity index (χ2v) is 11.2. The number of esters is 1. The number of methoxy groups -OCH3 is 1. The molecule has 0 saturated carbocycles. The molecule has 0 aromatic heterocycles. The highest BCUT2D eigenvalue weighted by atomic mass is 32.2. The second-order valence-electron chi connectivity index (χ2n) is 9.53. The van der Waals surface area contributed by atoms with Gasteiger partial charge in [0.15, 0.2) is 0 Å². The summed E-state index contributed by atoms with van der Waals surface area (Å²) in [5.74, 6) is -1.71. The SMILES string of the molecule is CCN(CC)C/C=C\c1cc(F)ccc1S(=O)(=O)Nc1ccc2c(c1C(=O)OC)N(C(C)=O)C[C@H]1OCCC21. The number of halogens is 1. The van der Waals surface area contributed by atoms with Crippen molar-refractivity contribution in [3.63, 3.8) is 0 Å². The number of nitrogens with one attached hydrogen (secondary N) is 1. The molecule has 4 rings (SSSR count). The van der Waals surface area contributed by atoms with Crippen molar-refractivity contribution in [3.8, 4) is 0 Å². The van der Waals surface area contributed by atoms with Gasteiger partial charge in [0.05, 0.1) is 36.0 Å². The molecule has 1 amide bonds. The largest absolute Gasteiger partial charge is 0.465 e. The number of hydrogen-bond acceptors (Lipinski definition) is 7. The van der Waals surface area contributed by atoms with Crippen LogP contribution in [0, 0.1) is 5.82 Å². The minimum Gasteiger partial charge on any atom is -0.465 e. The third-order valence-electron chi connectivity index (χ3n) is 7.28. The molecule has 0 radical (unpaired) electrons. The summed E-state index contributed by atoms with van der Waals surface area (Å²) < 4.78 is 54.8. The molecule has 2 atom stereocenters. The lowest BCUT2D eigenvalue weighted by molar-refractivity contribution is -0.117. The summed E-state index contributed by atoms with van der Waals surface area (Å²) in [6, 6.07) is 6.63. The molecular formula is C28H34FN3O6S. The van der Waals surface area contributed by atoms with Crippen molar-refractivity contribution in [2.75, 3.05) is 49.5 Å². The number of anilines is 2. The number of carbonyl (C=O) groups excluding carboxylic acids is 2. The Morgan fingerprint density at radius 1 is 1.23 bits per heavy atom. The molecule has 1 unspecified atom stereocenters. The van der Waals surface area contributed by atoms with E-state index in [0.717, 1.165) is 30.8 Å². The van der Waals surface area contributed by atoms with Crippen molar-refractivity contribution in [2.45, 2.75) is 44.1 Å². The summed E-state index contributed by atoms with van der Waals surface area (Å²) in [5, 5.41) is 0. The molecule has 2 aliphatic rings. The van der Waals surface area contributed by atoms with E-state index in [1.165, 1.54) is 31.1 Å². The molecule has 1 N–H and O–H groups in total. The normalized spacial score (nSPS) is 18.8. The van der Waals surface area contributed by atoms with Gasteiger partial charge in [-0.05, 0) is 54.9 Å². The van der Waals surface area contributed by atoms with Gasteiger partial charge in [0.25, 0.3) is 10.0 Å². The van der Waals surface area contributed by atoms with E-state index in [1.54, 1.807) is 18.2 Å². The smallest absolute Gasteiger partial charge is 0.342 e. The van der Waals surface area contributed by atoms with Crippen molar-refractivity contribution in [1.29, 1.82) is 0 Å². The molecule has 210 valence electrons. The van der Waals surface area contributed by atoms with Crippen LogP contribution in [0.2, 0.25) is 0 Å². The average molecular weight is 560 g/mol. The molecule has 11 heteroatoms. The Bertz CT molecular complexity index is 1390. The van der Waals surface area contributed by atoms with Crippen LogP contribution >= 0.6 is 0 Å². The Balaban J connectivity index is 1.78. The van der Waals surface area contributed by atoms with E-state index in [2.05, 4.69) is 9.62 Å². The number of rotatable bonds is 9. The number of fused-ring (bicyclic) bond motifs is 3. The predicted molar refractivity (Wildman–Crippen MR) is 147 cm³/mol. The minimum atomic E-state index is -4.29. The van der Waals surface area contributed by atoms with Crippen molar-refractivity contribution in [2.24, 2.45) is 0 Å². The predicted octanol–water partition coefficient (Wildman–Crippen LogP) is 4.01. The van der Waals surface area contributed by atoms with Gasteiger partial charge < -0.3 is 19.3 Å². The van der Waals surface area contributed by atoms with Crippen molar-refractivity contribution < 1.29 is 31.9 Å². The second kappa shape index (κ2) is 11.8. The molecule has 2 aromatic rings. The molecule has 0 spiro atoms. The van der Waals surface area contributed by atoms with Crippen LogP contribution in [0.15, 0.2) is 41.3 Å². The van der Waals surface area contributed by atoms with Crippen molar-refractivity contribution >= 4 is 39.4 Å². The Morgan fingerprint density at radius 3 is 2.64 bits per heavy atom. The third kappa shape index (κ3) is 5.85. The van der Waals surface area contributed by atoms with Crippen LogP contribution in [0.25, 0.3) is 6.08 Å². The monoisotopic (exact) mass is 559 g/mol. The molecule has 1 fully saturated rings. The van der Waals surface area contributed by atoms with Crippen LogP contribution in [0.1, 0.15) is 54.6 Å². The zero-order valence-corrected chi connectivity index (χ0v) is 23.4. The number of hydrogen-bond donors (Lipinski definition) is 1. The van der Waals surface area contributed by atoms with Crippen LogP contribution in [0.4, 0.5) is 15.8 Å². The Kier molecular flexibility index (Phi) is 8.73. The number of amides is 1. The highest BCUT2D eigenvalue weighted by molar-refractivity contribution is 7.92. The third-order valence-corrected chi connectivity index (χ3v) is 8.72. The van der Waals surface area contributed by atoms with Crippen LogP contribution in [-0.4, -0.2) is 71.2 Å². The van der Waals surface area contributed by atoms with E-state index in [4.69, 9.17) is 9.47 Å². The molecule has 2 aliphatic heterocycles. The van der Waals surface area contributed by atoms with Crippen LogP contribution in [0.5, 0.6) is 0 Å². The van der Waals surface area contributed by atoms with Crippen LogP contribution < -0.4 is 9.62 Å². The lowest BCUT2D eigenvalue weighted by Gasteiger charge is -2.37. The number of carbonyl (C=O) groups is 2. The molecule has 2 aromatic carbocycles. The fraction of sp³-hybridized carbons (Fsp3) is 0.429. The maximum Gasteiger partial charge on any atom is 0.342 e. The summed E-state index contributed by atoms with van der Waals surface area (Å²) in [7, 11) is -3.09. The van der Waals surface area contributed by atoms with E-state index >= 15 is 0 Å². The molecule has 9 nitrogen and oxygen atoms in total. The van der Waals surface area contributed by atoms with Crippen LogP contribution in [0.3, 0.4) is 0 Å². The van der Waals surface area contributed by atoms with Gasteiger partial charge in [-0.3, -0.25) is 9.52 Å². The van der Waals surface area contributed by atoms with E-state index in [1.807, 2.05) is 13.8 Å². The first-order valence-corrected chi connectivity index (χ1v) is 14.5. The maximum absolute atomic E-state index is 14.1. The van der Waals surface area contributed by atoms with Crippen molar-refractivity contribution in [3.05, 3.63) is 58.9 Å². The fourth-order valence-electron chi connectivity index (χ4n) is 5.24. The van der Waals surface area contributed by atoms with Gasteiger partial charge in [0.1, 0.15) is 11.4 Å². The van der Waals surface area contributed by atoms with E-state index in [9.17, 15) is 22.4 Å². The summed E-state index contributed by atoms with van der Waals surface area (Å²) in [5.41, 5.74) is 1.12. The molecule has 2 heterocycles. The standard InChI is InChI=1S/C28H34FN3O6S/c1-5-31(6-2)14-7-8-19-16-20(29)9-12-25(19)39(35,36)30-23-11-10-22-21-13-15-38-24(21)17-32(18(3)33)27(22)26(23)28(34)37-4/h7-12,16,21,24,30H,5-6,13-15,17H2,1-4H3/b8-7-/t21?,24-/m1/s1. The number of nitrogens with zero attached hydrogens (tertiary/aromatic N) is 2. The van der Waals surface area contributed by atoms with Crippen molar-refractivity contribution in [1.82, 2.24) is 4.90 Å². The lowest BCUT2D eigenvalue weighted by atomic mass is 9.85. The first kappa shape index (κ1) is 28.7. The van der Waals surface area contributed by atoms with Gasteiger partial charge in [-0.2, -0.15) is 0 Å².